The third-order valence-electron chi connectivity index (χ3n) is 3.73. The van der Waals surface area contributed by atoms with Crippen molar-refractivity contribution in [2.75, 3.05) is 31.3 Å². The summed E-state index contributed by atoms with van der Waals surface area (Å²) in [4.78, 5) is 24.5. The van der Waals surface area contributed by atoms with Crippen LogP contribution in [0.4, 0.5) is 11.5 Å². The Bertz CT molecular complexity index is 997. The molecule has 0 spiro atoms. The van der Waals surface area contributed by atoms with Crippen LogP contribution in [-0.4, -0.2) is 55.0 Å². The van der Waals surface area contributed by atoms with E-state index in [0.29, 0.717) is 18.1 Å². The molecule has 1 heterocycles. The summed E-state index contributed by atoms with van der Waals surface area (Å²) in [7, 11) is 0.696. The first kappa shape index (κ1) is 21.4. The summed E-state index contributed by atoms with van der Waals surface area (Å²) in [6.07, 6.45) is 0. The van der Waals surface area contributed by atoms with Crippen molar-refractivity contribution in [3.8, 4) is 5.75 Å². The van der Waals surface area contributed by atoms with E-state index in [0.717, 1.165) is 4.31 Å². The standard InChI is InChI=1S/C17H23N5O5S/c1-6-27-14-8-7-12(28(25,26)21(3)4)10-13(14)18-16(23)17(24)19-15-9-11(2)20-22(15)5/h7-10H,6H2,1-5H3,(H,18,23)(H,19,24). The largest absolute Gasteiger partial charge is 0.492 e. The number of hydrogen-bond donors (Lipinski definition) is 2. The lowest BCUT2D eigenvalue weighted by Crippen LogP contribution is -2.30. The Hall–Kier alpha value is -2.92. The maximum Gasteiger partial charge on any atom is 0.315 e. The summed E-state index contributed by atoms with van der Waals surface area (Å²) in [6, 6.07) is 5.66. The molecule has 10 nitrogen and oxygen atoms in total. The van der Waals surface area contributed by atoms with Crippen LogP contribution in [0, 0.1) is 6.92 Å². The average molecular weight is 409 g/mol. The van der Waals surface area contributed by atoms with Gasteiger partial charge in [0.2, 0.25) is 10.0 Å². The fraction of sp³-hybridized carbons (Fsp3) is 0.353. The van der Waals surface area contributed by atoms with Gasteiger partial charge in [-0.05, 0) is 32.0 Å². The number of nitrogens with zero attached hydrogens (tertiary/aromatic N) is 3. The molecule has 152 valence electrons. The number of hydrogen-bond acceptors (Lipinski definition) is 6. The molecule has 0 saturated heterocycles. The summed E-state index contributed by atoms with van der Waals surface area (Å²) in [5.41, 5.74) is 0.754. The number of carbonyl (C=O) groups excluding carboxylic acids is 2. The quantitative estimate of drug-likeness (QED) is 0.685. The first-order valence-corrected chi connectivity index (χ1v) is 9.82. The number of amides is 2. The highest BCUT2D eigenvalue weighted by molar-refractivity contribution is 7.89. The number of ether oxygens (including phenoxy) is 1. The van der Waals surface area contributed by atoms with Crippen LogP contribution in [0.5, 0.6) is 5.75 Å². The molecule has 1 aromatic carbocycles. The smallest absolute Gasteiger partial charge is 0.315 e. The minimum absolute atomic E-state index is 0.0427. The first-order valence-electron chi connectivity index (χ1n) is 8.38. The third kappa shape index (κ3) is 4.67. The number of rotatable bonds is 6. The van der Waals surface area contributed by atoms with Gasteiger partial charge < -0.3 is 15.4 Å². The molecule has 0 bridgehead atoms. The molecule has 1 aromatic heterocycles. The van der Waals surface area contributed by atoms with Gasteiger partial charge in [0.1, 0.15) is 11.6 Å². The van der Waals surface area contributed by atoms with Gasteiger partial charge in [-0.25, -0.2) is 12.7 Å². The Labute approximate surface area is 163 Å². The average Bonchev–Trinajstić information content (AvgIpc) is 2.93. The highest BCUT2D eigenvalue weighted by Gasteiger charge is 2.22. The van der Waals surface area contributed by atoms with Crippen molar-refractivity contribution < 1.29 is 22.7 Å². The van der Waals surface area contributed by atoms with Gasteiger partial charge in [0.15, 0.2) is 0 Å². The van der Waals surface area contributed by atoms with Crippen LogP contribution in [0.1, 0.15) is 12.6 Å². The van der Waals surface area contributed by atoms with Gasteiger partial charge in [-0.3, -0.25) is 14.3 Å². The maximum absolute atomic E-state index is 12.3. The molecule has 11 heteroatoms. The second-order valence-corrected chi connectivity index (χ2v) is 8.23. The molecular weight excluding hydrogens is 386 g/mol. The van der Waals surface area contributed by atoms with E-state index in [4.69, 9.17) is 4.74 Å². The van der Waals surface area contributed by atoms with E-state index in [1.807, 2.05) is 0 Å². The number of nitrogens with one attached hydrogen (secondary N) is 2. The third-order valence-corrected chi connectivity index (χ3v) is 5.54. The van der Waals surface area contributed by atoms with Crippen molar-refractivity contribution in [1.82, 2.24) is 14.1 Å². The molecular formula is C17H23N5O5S. The Morgan fingerprint density at radius 1 is 1.18 bits per heavy atom. The van der Waals surface area contributed by atoms with Crippen molar-refractivity contribution >= 4 is 33.3 Å². The summed E-state index contributed by atoms with van der Waals surface area (Å²) in [5, 5.41) is 8.93. The predicted octanol–water partition coefficient (Wildman–Crippen LogP) is 0.955. The van der Waals surface area contributed by atoms with Crippen molar-refractivity contribution in [1.29, 1.82) is 0 Å². The van der Waals surface area contributed by atoms with Crippen LogP contribution < -0.4 is 15.4 Å². The topological polar surface area (TPSA) is 123 Å². The van der Waals surface area contributed by atoms with Crippen molar-refractivity contribution in [3.05, 3.63) is 30.0 Å². The molecule has 2 amide bonds. The van der Waals surface area contributed by atoms with Gasteiger partial charge in [-0.2, -0.15) is 5.10 Å². The minimum Gasteiger partial charge on any atom is -0.492 e. The molecule has 0 unspecified atom stereocenters. The SMILES string of the molecule is CCOc1ccc(S(=O)(=O)N(C)C)cc1NC(=O)C(=O)Nc1cc(C)nn1C. The zero-order valence-corrected chi connectivity index (χ0v) is 17.1. The van der Waals surface area contributed by atoms with Gasteiger partial charge in [0, 0.05) is 27.2 Å². The molecule has 0 radical (unpaired) electrons. The fourth-order valence-corrected chi connectivity index (χ4v) is 3.27. The van der Waals surface area contributed by atoms with Gasteiger partial charge in [0.05, 0.1) is 22.9 Å². The van der Waals surface area contributed by atoms with E-state index < -0.39 is 21.8 Å². The second kappa shape index (κ2) is 8.40. The molecule has 2 N–H and O–H groups in total. The van der Waals surface area contributed by atoms with E-state index in [9.17, 15) is 18.0 Å². The van der Waals surface area contributed by atoms with Crippen LogP contribution in [0.15, 0.2) is 29.2 Å². The van der Waals surface area contributed by atoms with Gasteiger partial charge >= 0.3 is 11.8 Å². The molecule has 2 aromatic rings. The lowest BCUT2D eigenvalue weighted by Gasteiger charge is -2.15. The normalized spacial score (nSPS) is 11.4. The molecule has 0 atom stereocenters. The zero-order chi connectivity index (χ0) is 21.1. The number of aryl methyl sites for hydroxylation is 2. The molecule has 0 aliphatic heterocycles. The van der Waals surface area contributed by atoms with Crippen LogP contribution in [-0.2, 0) is 26.7 Å². The van der Waals surface area contributed by atoms with Crippen molar-refractivity contribution in [3.63, 3.8) is 0 Å². The van der Waals surface area contributed by atoms with E-state index >= 15 is 0 Å². The van der Waals surface area contributed by atoms with Crippen molar-refractivity contribution in [2.24, 2.45) is 7.05 Å². The fourth-order valence-electron chi connectivity index (χ4n) is 2.34. The lowest BCUT2D eigenvalue weighted by atomic mass is 10.3. The molecule has 28 heavy (non-hydrogen) atoms. The van der Waals surface area contributed by atoms with Crippen LogP contribution in [0.2, 0.25) is 0 Å². The molecule has 0 saturated carbocycles. The van der Waals surface area contributed by atoms with Crippen molar-refractivity contribution in [2.45, 2.75) is 18.7 Å². The Morgan fingerprint density at radius 2 is 1.82 bits per heavy atom. The van der Waals surface area contributed by atoms with Gasteiger partial charge in [-0.15, -0.1) is 0 Å². The van der Waals surface area contributed by atoms with Gasteiger partial charge in [-0.1, -0.05) is 0 Å². The predicted molar refractivity (Wildman–Crippen MR) is 104 cm³/mol. The number of carbonyl (C=O) groups is 2. The van der Waals surface area contributed by atoms with Crippen LogP contribution in [0.3, 0.4) is 0 Å². The van der Waals surface area contributed by atoms with Crippen LogP contribution >= 0.6 is 0 Å². The lowest BCUT2D eigenvalue weighted by molar-refractivity contribution is -0.133. The monoisotopic (exact) mass is 409 g/mol. The number of sulfonamides is 1. The number of anilines is 2. The Morgan fingerprint density at radius 3 is 2.36 bits per heavy atom. The number of aromatic nitrogens is 2. The van der Waals surface area contributed by atoms with E-state index in [1.54, 1.807) is 27.0 Å². The summed E-state index contributed by atoms with van der Waals surface area (Å²) < 4.78 is 32.6. The molecule has 2 rings (SSSR count). The Balaban J connectivity index is 2.28. The van der Waals surface area contributed by atoms with E-state index in [1.165, 1.54) is 37.0 Å². The summed E-state index contributed by atoms with van der Waals surface area (Å²) in [5.74, 6) is -1.30. The molecule has 0 aliphatic carbocycles. The summed E-state index contributed by atoms with van der Waals surface area (Å²) >= 11 is 0. The van der Waals surface area contributed by atoms with Crippen LogP contribution in [0.25, 0.3) is 0 Å². The van der Waals surface area contributed by atoms with Gasteiger partial charge in [0.25, 0.3) is 0 Å². The highest BCUT2D eigenvalue weighted by Crippen LogP contribution is 2.29. The van der Waals surface area contributed by atoms with E-state index in [2.05, 4.69) is 15.7 Å². The minimum atomic E-state index is -3.72. The molecule has 0 fully saturated rings. The molecule has 0 aliphatic rings. The first-order chi connectivity index (χ1) is 13.1. The second-order valence-electron chi connectivity index (χ2n) is 6.08. The number of benzene rings is 1. The van der Waals surface area contributed by atoms with E-state index in [-0.39, 0.29) is 16.3 Å². The Kier molecular flexibility index (Phi) is 6.41. The maximum atomic E-state index is 12.3. The summed E-state index contributed by atoms with van der Waals surface area (Å²) in [6.45, 7) is 3.79. The highest BCUT2D eigenvalue weighted by atomic mass is 32.2. The zero-order valence-electron chi connectivity index (χ0n) is 16.3.